The summed E-state index contributed by atoms with van der Waals surface area (Å²) in [7, 11) is 0. The Morgan fingerprint density at radius 2 is 1.92 bits per heavy atom. The molecule has 24 heavy (non-hydrogen) atoms. The number of hydrogen-bond donors (Lipinski definition) is 1. The van der Waals surface area contributed by atoms with E-state index in [0.717, 1.165) is 0 Å². The van der Waals surface area contributed by atoms with Crippen LogP contribution in [-0.2, 0) is 0 Å². The van der Waals surface area contributed by atoms with Crippen molar-refractivity contribution in [3.63, 3.8) is 0 Å². The lowest BCUT2D eigenvalue weighted by molar-refractivity contribution is -0.384. The summed E-state index contributed by atoms with van der Waals surface area (Å²) in [5.74, 6) is 0.336. The van der Waals surface area contributed by atoms with Crippen LogP contribution in [0.5, 0.6) is 5.75 Å². The first-order valence-corrected chi connectivity index (χ1v) is 6.73. The zero-order valence-corrected chi connectivity index (χ0v) is 12.8. The van der Waals surface area contributed by atoms with E-state index in [1.807, 2.05) is 13.8 Å². The van der Waals surface area contributed by atoms with Crippen molar-refractivity contribution in [1.29, 1.82) is 15.8 Å². The number of nitriles is 3. The Hall–Kier alpha value is -3.83. The molecule has 0 aromatic heterocycles. The third-order valence-electron chi connectivity index (χ3n) is 3.21. The molecule has 1 aromatic rings. The molecule has 2 rings (SSSR count). The highest BCUT2D eigenvalue weighted by molar-refractivity contribution is 5.76. The van der Waals surface area contributed by atoms with Crippen molar-refractivity contribution in [2.45, 2.75) is 19.4 Å². The summed E-state index contributed by atoms with van der Waals surface area (Å²) in [5.41, 5.74) is -1.17. The molecule has 0 saturated carbocycles. The third kappa shape index (κ3) is 3.16. The second-order valence-electron chi connectivity index (χ2n) is 5.41. The van der Waals surface area contributed by atoms with E-state index in [1.165, 1.54) is 12.1 Å². The molecule has 8 nitrogen and oxygen atoms in total. The normalized spacial score (nSPS) is 13.3. The summed E-state index contributed by atoms with van der Waals surface area (Å²) in [5, 5.41) is 40.6. The fourth-order valence-electron chi connectivity index (χ4n) is 2.08. The summed E-state index contributed by atoms with van der Waals surface area (Å²) in [6.07, 6.45) is 3.54. The van der Waals surface area contributed by atoms with Gasteiger partial charge in [0.25, 0.3) is 5.69 Å². The number of rotatable bonds is 3. The van der Waals surface area contributed by atoms with Gasteiger partial charge >= 0.3 is 0 Å². The van der Waals surface area contributed by atoms with Gasteiger partial charge < -0.3 is 10.1 Å². The summed E-state index contributed by atoms with van der Waals surface area (Å²) in [6.45, 7) is 3.63. The second kappa shape index (κ2) is 6.12. The Balaban J connectivity index is 2.58. The zero-order chi connectivity index (χ0) is 17.9. The van der Waals surface area contributed by atoms with E-state index < -0.39 is 16.1 Å². The largest absolute Gasteiger partial charge is 0.483 e. The minimum Gasteiger partial charge on any atom is -0.483 e. The maximum Gasteiger partial charge on any atom is 0.296 e. The Bertz CT molecular complexity index is 891. The van der Waals surface area contributed by atoms with Crippen LogP contribution in [0.15, 0.2) is 29.5 Å². The number of nitrogens with zero attached hydrogens (tertiary/aromatic N) is 4. The van der Waals surface area contributed by atoms with E-state index in [-0.39, 0.29) is 17.1 Å². The van der Waals surface area contributed by atoms with Gasteiger partial charge in [0, 0.05) is 5.56 Å². The first kappa shape index (κ1) is 16.5. The van der Waals surface area contributed by atoms with Crippen LogP contribution in [0.1, 0.15) is 19.4 Å². The number of nitro groups is 1. The molecule has 1 aliphatic heterocycles. The minimum absolute atomic E-state index is 0.00810. The molecule has 0 unspecified atom stereocenters. The van der Waals surface area contributed by atoms with Gasteiger partial charge in [0.1, 0.15) is 40.9 Å². The number of benzene rings is 1. The van der Waals surface area contributed by atoms with Crippen LogP contribution in [0.3, 0.4) is 0 Å². The Kier molecular flexibility index (Phi) is 4.21. The van der Waals surface area contributed by atoms with Crippen LogP contribution in [0.4, 0.5) is 11.4 Å². The Morgan fingerprint density at radius 3 is 2.46 bits per heavy atom. The van der Waals surface area contributed by atoms with Crippen molar-refractivity contribution in [1.82, 2.24) is 0 Å². The van der Waals surface area contributed by atoms with Gasteiger partial charge in [0.15, 0.2) is 5.57 Å². The van der Waals surface area contributed by atoms with Crippen molar-refractivity contribution >= 4 is 17.5 Å². The minimum atomic E-state index is -0.634. The first-order chi connectivity index (χ1) is 11.3. The average molecular weight is 321 g/mol. The number of nitrogens with one attached hydrogen (secondary N) is 1. The van der Waals surface area contributed by atoms with Crippen LogP contribution < -0.4 is 10.1 Å². The maximum atomic E-state index is 11.3. The van der Waals surface area contributed by atoms with E-state index in [2.05, 4.69) is 5.32 Å². The summed E-state index contributed by atoms with van der Waals surface area (Å²) in [4.78, 5) is 10.7. The lowest BCUT2D eigenvalue weighted by Gasteiger charge is -2.28. The fourth-order valence-corrected chi connectivity index (χ4v) is 2.08. The zero-order valence-electron chi connectivity index (χ0n) is 12.8. The highest BCUT2D eigenvalue weighted by atomic mass is 16.6. The fraction of sp³-hybridized carbons (Fsp3) is 0.188. The molecule has 0 bridgehead atoms. The van der Waals surface area contributed by atoms with Gasteiger partial charge in [-0.3, -0.25) is 10.1 Å². The number of nitro benzene ring substituents is 1. The van der Waals surface area contributed by atoms with Gasteiger partial charge in [-0.2, -0.15) is 15.8 Å². The van der Waals surface area contributed by atoms with Gasteiger partial charge in [0.05, 0.1) is 11.0 Å². The van der Waals surface area contributed by atoms with Gasteiger partial charge in [0.2, 0.25) is 0 Å². The molecule has 1 N–H and O–H groups in total. The molecule has 118 valence electrons. The SMILES string of the molecule is CC1(C)C=Cc2cc(NC(C#N)=C(C#N)C#N)c([N+](=O)[O-])cc2O1. The number of anilines is 1. The van der Waals surface area contributed by atoms with Crippen molar-refractivity contribution in [2.75, 3.05) is 5.32 Å². The number of fused-ring (bicyclic) bond motifs is 1. The predicted molar refractivity (Wildman–Crippen MR) is 84.3 cm³/mol. The molecule has 0 spiro atoms. The van der Waals surface area contributed by atoms with Crippen LogP contribution in [0, 0.1) is 44.1 Å². The highest BCUT2D eigenvalue weighted by Gasteiger charge is 2.26. The van der Waals surface area contributed by atoms with E-state index in [4.69, 9.17) is 20.5 Å². The van der Waals surface area contributed by atoms with E-state index in [9.17, 15) is 10.1 Å². The van der Waals surface area contributed by atoms with Crippen LogP contribution in [-0.4, -0.2) is 10.5 Å². The molecular weight excluding hydrogens is 310 g/mol. The molecular formula is C16H11N5O3. The molecule has 0 atom stereocenters. The van der Waals surface area contributed by atoms with Crippen LogP contribution in [0.2, 0.25) is 0 Å². The number of allylic oxidation sites excluding steroid dienone is 2. The average Bonchev–Trinajstić information content (AvgIpc) is 2.53. The quantitative estimate of drug-likeness (QED) is 0.513. The van der Waals surface area contributed by atoms with Gasteiger partial charge in [-0.05, 0) is 26.0 Å². The smallest absolute Gasteiger partial charge is 0.296 e. The first-order valence-electron chi connectivity index (χ1n) is 6.73. The highest BCUT2D eigenvalue weighted by Crippen LogP contribution is 2.38. The third-order valence-corrected chi connectivity index (χ3v) is 3.21. The molecule has 1 aliphatic rings. The Morgan fingerprint density at radius 1 is 1.25 bits per heavy atom. The topological polar surface area (TPSA) is 136 Å². The lowest BCUT2D eigenvalue weighted by Crippen LogP contribution is -2.27. The molecule has 0 fully saturated rings. The summed E-state index contributed by atoms with van der Waals surface area (Å²) >= 11 is 0. The lowest BCUT2D eigenvalue weighted by atomic mass is 10.0. The van der Waals surface area contributed by atoms with Crippen molar-refractivity contribution in [2.24, 2.45) is 0 Å². The van der Waals surface area contributed by atoms with Crippen molar-refractivity contribution in [3.8, 4) is 24.0 Å². The van der Waals surface area contributed by atoms with Gasteiger partial charge in [-0.1, -0.05) is 6.08 Å². The van der Waals surface area contributed by atoms with Crippen LogP contribution >= 0.6 is 0 Å². The molecule has 1 heterocycles. The summed E-state index contributed by atoms with van der Waals surface area (Å²) < 4.78 is 5.69. The predicted octanol–water partition coefficient (Wildman–Crippen LogP) is 3.02. The Labute approximate surface area is 137 Å². The van der Waals surface area contributed by atoms with Gasteiger partial charge in [-0.15, -0.1) is 0 Å². The van der Waals surface area contributed by atoms with E-state index >= 15 is 0 Å². The molecule has 0 radical (unpaired) electrons. The van der Waals surface area contributed by atoms with Gasteiger partial charge in [-0.25, -0.2) is 0 Å². The standard InChI is InChI=1S/C16H11N5O3/c1-16(2)4-3-10-5-12(14(21(22)23)6-15(10)24-16)20-13(9-19)11(7-17)8-18/h3-6,20H,1-2H3. The van der Waals surface area contributed by atoms with Crippen molar-refractivity contribution < 1.29 is 9.66 Å². The monoisotopic (exact) mass is 321 g/mol. The molecule has 0 saturated heterocycles. The maximum absolute atomic E-state index is 11.3. The van der Waals surface area contributed by atoms with E-state index in [0.29, 0.717) is 11.3 Å². The van der Waals surface area contributed by atoms with Crippen LogP contribution in [0.25, 0.3) is 6.08 Å². The number of hydrogen-bond acceptors (Lipinski definition) is 7. The number of ether oxygens (including phenoxy) is 1. The molecule has 0 aliphatic carbocycles. The molecule has 1 aromatic carbocycles. The molecule has 0 amide bonds. The van der Waals surface area contributed by atoms with Crippen molar-refractivity contribution in [3.05, 3.63) is 45.2 Å². The molecule has 8 heteroatoms. The summed E-state index contributed by atoms with van der Waals surface area (Å²) in [6, 6.07) is 7.48. The second-order valence-corrected chi connectivity index (χ2v) is 5.41. The van der Waals surface area contributed by atoms with E-state index in [1.54, 1.807) is 30.4 Å².